The predicted molar refractivity (Wildman–Crippen MR) is 76.2 cm³/mol. The molecule has 0 saturated carbocycles. The summed E-state index contributed by atoms with van der Waals surface area (Å²) in [5.41, 5.74) is 2.22. The Bertz CT molecular complexity index is 557. The fraction of sp³-hybridized carbons (Fsp3) is 0.500. The van der Waals surface area contributed by atoms with Gasteiger partial charge in [-0.15, -0.1) is 0 Å². The second-order valence-electron chi connectivity index (χ2n) is 4.84. The molecule has 0 saturated heterocycles. The van der Waals surface area contributed by atoms with E-state index in [-0.39, 0.29) is 5.91 Å². The Labute approximate surface area is 118 Å². The first-order valence-corrected chi connectivity index (χ1v) is 6.90. The van der Waals surface area contributed by atoms with Crippen molar-refractivity contribution in [2.24, 2.45) is 0 Å². The molecule has 0 aliphatic heterocycles. The number of amides is 1. The molecule has 0 aliphatic rings. The van der Waals surface area contributed by atoms with E-state index in [1.54, 1.807) is 12.4 Å². The average Bonchev–Trinajstić information content (AvgIpc) is 3.01. The highest BCUT2D eigenvalue weighted by Gasteiger charge is 2.03. The number of rotatable bonds is 7. The molecule has 0 fully saturated rings. The normalized spacial score (nSPS) is 10.7. The van der Waals surface area contributed by atoms with E-state index < -0.39 is 0 Å². The number of aryl methyl sites for hydroxylation is 4. The maximum atomic E-state index is 11.7. The summed E-state index contributed by atoms with van der Waals surface area (Å²) in [6.45, 7) is 6.14. The van der Waals surface area contributed by atoms with Crippen LogP contribution in [0, 0.1) is 13.8 Å². The van der Waals surface area contributed by atoms with Crippen molar-refractivity contribution in [3.8, 4) is 0 Å². The Morgan fingerprint density at radius 3 is 2.25 bits per heavy atom. The van der Waals surface area contributed by atoms with E-state index in [2.05, 4.69) is 15.5 Å². The molecule has 0 bridgehead atoms. The summed E-state index contributed by atoms with van der Waals surface area (Å²) >= 11 is 0. The van der Waals surface area contributed by atoms with Crippen LogP contribution in [0.25, 0.3) is 0 Å². The maximum absolute atomic E-state index is 11.7. The molecule has 6 nitrogen and oxygen atoms in total. The van der Waals surface area contributed by atoms with E-state index in [1.807, 2.05) is 35.3 Å². The minimum Gasteiger partial charge on any atom is -0.356 e. The van der Waals surface area contributed by atoms with Gasteiger partial charge in [0.2, 0.25) is 5.91 Å². The van der Waals surface area contributed by atoms with Crippen LogP contribution in [0.3, 0.4) is 0 Å². The number of aromatic nitrogens is 4. The Kier molecular flexibility index (Phi) is 4.92. The summed E-state index contributed by atoms with van der Waals surface area (Å²) in [6, 6.07) is 3.91. The van der Waals surface area contributed by atoms with E-state index in [1.165, 1.54) is 0 Å². The largest absolute Gasteiger partial charge is 0.356 e. The lowest BCUT2D eigenvalue weighted by molar-refractivity contribution is -0.121. The highest BCUT2D eigenvalue weighted by Crippen LogP contribution is 1.98. The molecule has 0 spiro atoms. The van der Waals surface area contributed by atoms with Crippen molar-refractivity contribution < 1.29 is 4.79 Å². The number of hydrogen-bond acceptors (Lipinski definition) is 3. The molecule has 0 radical (unpaired) electrons. The molecule has 20 heavy (non-hydrogen) atoms. The third kappa shape index (κ3) is 3.94. The van der Waals surface area contributed by atoms with E-state index in [0.29, 0.717) is 19.5 Å². The predicted octanol–water partition coefficient (Wildman–Crippen LogP) is 1.29. The van der Waals surface area contributed by atoms with E-state index in [0.717, 1.165) is 24.4 Å². The van der Waals surface area contributed by atoms with Crippen LogP contribution in [0.15, 0.2) is 24.5 Å². The van der Waals surface area contributed by atoms with Crippen LogP contribution in [0.4, 0.5) is 0 Å². The summed E-state index contributed by atoms with van der Waals surface area (Å²) in [5.74, 6) is 0.0667. The summed E-state index contributed by atoms with van der Waals surface area (Å²) in [7, 11) is 0. The van der Waals surface area contributed by atoms with Gasteiger partial charge in [0.15, 0.2) is 0 Å². The molecule has 0 unspecified atom stereocenters. The van der Waals surface area contributed by atoms with Crippen molar-refractivity contribution in [2.75, 3.05) is 6.54 Å². The lowest BCUT2D eigenvalue weighted by Gasteiger charge is -2.07. The third-order valence-electron chi connectivity index (χ3n) is 3.28. The second kappa shape index (κ2) is 6.88. The van der Waals surface area contributed by atoms with Gasteiger partial charge in [0.25, 0.3) is 0 Å². The van der Waals surface area contributed by atoms with E-state index in [9.17, 15) is 4.79 Å². The molecule has 2 rings (SSSR count). The Morgan fingerprint density at radius 1 is 1.10 bits per heavy atom. The molecule has 2 heterocycles. The zero-order chi connectivity index (χ0) is 14.4. The van der Waals surface area contributed by atoms with Crippen molar-refractivity contribution in [1.82, 2.24) is 24.9 Å². The molecule has 6 heteroatoms. The third-order valence-corrected chi connectivity index (χ3v) is 3.28. The van der Waals surface area contributed by atoms with Crippen LogP contribution in [0.5, 0.6) is 0 Å². The summed E-state index contributed by atoms with van der Waals surface area (Å²) in [6.07, 6.45) is 4.89. The molecule has 0 aromatic carbocycles. The minimum atomic E-state index is 0.0667. The molecule has 1 N–H and O–H groups in total. The van der Waals surface area contributed by atoms with Gasteiger partial charge in [-0.25, -0.2) is 0 Å². The lowest BCUT2D eigenvalue weighted by Crippen LogP contribution is -2.26. The van der Waals surface area contributed by atoms with Crippen molar-refractivity contribution in [3.63, 3.8) is 0 Å². The Morgan fingerprint density at radius 2 is 1.70 bits per heavy atom. The molecule has 1 amide bonds. The van der Waals surface area contributed by atoms with Gasteiger partial charge in [-0.1, -0.05) is 0 Å². The topological polar surface area (TPSA) is 64.7 Å². The van der Waals surface area contributed by atoms with Gasteiger partial charge < -0.3 is 5.32 Å². The van der Waals surface area contributed by atoms with Crippen LogP contribution in [0.1, 0.15) is 24.2 Å². The van der Waals surface area contributed by atoms with Crippen LogP contribution in [-0.2, 0) is 17.9 Å². The molecular formula is C14H21N5O. The number of nitrogens with one attached hydrogen (secondary N) is 1. The molecule has 2 aromatic rings. The summed E-state index contributed by atoms with van der Waals surface area (Å²) < 4.78 is 3.78. The minimum absolute atomic E-state index is 0.0667. The van der Waals surface area contributed by atoms with Crippen LogP contribution in [-0.4, -0.2) is 32.0 Å². The quantitative estimate of drug-likeness (QED) is 0.774. The molecule has 108 valence electrons. The fourth-order valence-electron chi connectivity index (χ4n) is 2.02. The first-order valence-electron chi connectivity index (χ1n) is 6.90. The van der Waals surface area contributed by atoms with Gasteiger partial charge in [-0.05, 0) is 32.4 Å². The first kappa shape index (κ1) is 14.3. The molecule has 2 aromatic heterocycles. The Hall–Kier alpha value is -2.11. The van der Waals surface area contributed by atoms with Gasteiger partial charge in [-0.3, -0.25) is 14.2 Å². The Balaban J connectivity index is 1.61. The van der Waals surface area contributed by atoms with E-state index >= 15 is 0 Å². The van der Waals surface area contributed by atoms with Crippen molar-refractivity contribution in [3.05, 3.63) is 35.9 Å². The fourth-order valence-corrected chi connectivity index (χ4v) is 2.02. The number of carbonyl (C=O) groups excluding carboxylic acids is 1. The average molecular weight is 275 g/mol. The molecular weight excluding hydrogens is 254 g/mol. The SMILES string of the molecule is Cc1ccnn1CCCNC(=O)CCn1nccc1C. The summed E-state index contributed by atoms with van der Waals surface area (Å²) in [5, 5.41) is 11.3. The number of nitrogens with zero attached hydrogens (tertiary/aromatic N) is 4. The van der Waals surface area contributed by atoms with Crippen LogP contribution in [0.2, 0.25) is 0 Å². The van der Waals surface area contributed by atoms with Crippen molar-refractivity contribution in [1.29, 1.82) is 0 Å². The highest BCUT2D eigenvalue weighted by molar-refractivity contribution is 5.75. The maximum Gasteiger partial charge on any atom is 0.221 e. The van der Waals surface area contributed by atoms with Gasteiger partial charge >= 0.3 is 0 Å². The number of hydrogen-bond donors (Lipinski definition) is 1. The van der Waals surface area contributed by atoms with E-state index in [4.69, 9.17) is 0 Å². The van der Waals surface area contributed by atoms with Gasteiger partial charge in [0, 0.05) is 49.8 Å². The zero-order valence-corrected chi connectivity index (χ0v) is 12.0. The van der Waals surface area contributed by atoms with Gasteiger partial charge in [0.1, 0.15) is 0 Å². The standard InChI is InChI=1S/C14H21N5O/c1-12-4-8-16-18(12)10-3-7-15-14(20)6-11-19-13(2)5-9-17-19/h4-5,8-9H,3,6-7,10-11H2,1-2H3,(H,15,20). The summed E-state index contributed by atoms with van der Waals surface area (Å²) in [4.78, 5) is 11.7. The zero-order valence-electron chi connectivity index (χ0n) is 12.0. The highest BCUT2D eigenvalue weighted by atomic mass is 16.1. The second-order valence-corrected chi connectivity index (χ2v) is 4.84. The van der Waals surface area contributed by atoms with Gasteiger partial charge in [-0.2, -0.15) is 10.2 Å². The smallest absolute Gasteiger partial charge is 0.221 e. The monoisotopic (exact) mass is 275 g/mol. The lowest BCUT2D eigenvalue weighted by atomic mass is 10.3. The van der Waals surface area contributed by atoms with Crippen LogP contribution >= 0.6 is 0 Å². The van der Waals surface area contributed by atoms with Crippen molar-refractivity contribution in [2.45, 2.75) is 39.8 Å². The van der Waals surface area contributed by atoms with Crippen LogP contribution < -0.4 is 5.32 Å². The van der Waals surface area contributed by atoms with Crippen molar-refractivity contribution >= 4 is 5.91 Å². The molecule has 0 aliphatic carbocycles. The molecule has 0 atom stereocenters. The first-order chi connectivity index (χ1) is 9.66. The van der Waals surface area contributed by atoms with Gasteiger partial charge in [0.05, 0.1) is 0 Å². The number of carbonyl (C=O) groups is 1.